The highest BCUT2D eigenvalue weighted by molar-refractivity contribution is 5.91. The lowest BCUT2D eigenvalue weighted by atomic mass is 10.0. The maximum absolute atomic E-state index is 14.3. The number of amides is 2. The number of anilines is 2. The lowest BCUT2D eigenvalue weighted by Gasteiger charge is -2.40. The number of aryl methyl sites for hydroxylation is 1. The second-order valence-electron chi connectivity index (χ2n) is 8.21. The average Bonchev–Trinajstić information content (AvgIpc) is 3.16. The Morgan fingerprint density at radius 1 is 1.10 bits per heavy atom. The van der Waals surface area contributed by atoms with Gasteiger partial charge in [0.1, 0.15) is 11.5 Å². The van der Waals surface area contributed by atoms with Crippen LogP contribution in [0.3, 0.4) is 0 Å². The van der Waals surface area contributed by atoms with E-state index in [2.05, 4.69) is 20.5 Å². The van der Waals surface area contributed by atoms with E-state index in [-0.39, 0.29) is 17.9 Å². The number of aromatic nitrogens is 3. The molecule has 1 N–H and O–H groups in total. The fraction of sp³-hybridized carbons (Fsp3) is 0.348. The molecule has 7 nitrogen and oxygen atoms in total. The zero-order valence-corrected chi connectivity index (χ0v) is 17.5. The number of piperidine rings is 1. The fourth-order valence-electron chi connectivity index (χ4n) is 4.59. The predicted octanol–water partition coefficient (Wildman–Crippen LogP) is 3.79. The second kappa shape index (κ2) is 8.02. The summed E-state index contributed by atoms with van der Waals surface area (Å²) >= 11 is 0. The Balaban J connectivity index is 1.27. The first-order valence-corrected chi connectivity index (χ1v) is 10.6. The van der Waals surface area contributed by atoms with Crippen molar-refractivity contribution in [1.82, 2.24) is 19.9 Å². The average molecular weight is 420 g/mol. The molecule has 0 aliphatic carbocycles. The molecule has 2 aliphatic heterocycles. The summed E-state index contributed by atoms with van der Waals surface area (Å²) in [5.74, 6) is 0.485. The molecule has 8 heteroatoms. The quantitative estimate of drug-likeness (QED) is 0.697. The van der Waals surface area contributed by atoms with Crippen LogP contribution >= 0.6 is 0 Å². The lowest BCUT2D eigenvalue weighted by Crippen LogP contribution is -2.50. The lowest BCUT2D eigenvalue weighted by molar-refractivity contribution is 0.166. The monoisotopic (exact) mass is 420 g/mol. The number of hydrogen-bond donors (Lipinski definition) is 1. The largest absolute Gasteiger partial charge is 0.369 e. The number of benzene rings is 2. The molecule has 0 radical (unpaired) electrons. The molecule has 3 aromatic rings. The summed E-state index contributed by atoms with van der Waals surface area (Å²) in [7, 11) is 0. The standard InChI is InChI=1S/C23H25FN6O/c1-16-6-5-9-19(24)21(16)28-12-10-18(11-13-28)29-15-20-22(25-23(29)31)30(27-26-20)14-17-7-3-2-4-8-17/h2-9,18H,10-15H2,1H3,(H,25,31). The van der Waals surface area contributed by atoms with E-state index in [9.17, 15) is 9.18 Å². The van der Waals surface area contributed by atoms with Crippen molar-refractivity contribution in [1.29, 1.82) is 0 Å². The molecule has 31 heavy (non-hydrogen) atoms. The van der Waals surface area contributed by atoms with E-state index < -0.39 is 0 Å². The Hall–Kier alpha value is -3.42. The fourth-order valence-corrected chi connectivity index (χ4v) is 4.59. The van der Waals surface area contributed by atoms with Gasteiger partial charge in [-0.3, -0.25) is 5.32 Å². The van der Waals surface area contributed by atoms with Gasteiger partial charge in [-0.25, -0.2) is 13.9 Å². The number of carbonyl (C=O) groups is 1. The number of halogens is 1. The van der Waals surface area contributed by atoms with Gasteiger partial charge in [-0.05, 0) is 37.0 Å². The SMILES string of the molecule is Cc1cccc(F)c1N1CCC(N2Cc3nnn(Cc4ccccc4)c3NC2=O)CC1. The van der Waals surface area contributed by atoms with Crippen LogP contribution in [0.15, 0.2) is 48.5 Å². The molecule has 5 rings (SSSR count). The van der Waals surface area contributed by atoms with Gasteiger partial charge in [0.15, 0.2) is 5.82 Å². The molecule has 2 aliphatic rings. The van der Waals surface area contributed by atoms with Gasteiger partial charge in [0.25, 0.3) is 0 Å². The van der Waals surface area contributed by atoms with Crippen LogP contribution < -0.4 is 10.2 Å². The van der Waals surface area contributed by atoms with E-state index in [1.54, 1.807) is 10.7 Å². The number of urea groups is 1. The first kappa shape index (κ1) is 19.5. The van der Waals surface area contributed by atoms with Gasteiger partial charge in [-0.15, -0.1) is 5.10 Å². The van der Waals surface area contributed by atoms with E-state index in [0.29, 0.717) is 37.7 Å². The normalized spacial score (nSPS) is 16.9. The molecular weight excluding hydrogens is 395 g/mol. The molecule has 0 atom stereocenters. The Labute approximate surface area is 180 Å². The zero-order valence-electron chi connectivity index (χ0n) is 17.5. The van der Waals surface area contributed by atoms with Crippen molar-refractivity contribution in [2.24, 2.45) is 0 Å². The van der Waals surface area contributed by atoms with Gasteiger partial charge < -0.3 is 9.80 Å². The summed E-state index contributed by atoms with van der Waals surface area (Å²) in [6.07, 6.45) is 1.57. The minimum atomic E-state index is -0.186. The number of para-hydroxylation sites is 1. The summed E-state index contributed by atoms with van der Waals surface area (Å²) in [6.45, 7) is 4.36. The van der Waals surface area contributed by atoms with Crippen molar-refractivity contribution in [3.05, 3.63) is 71.2 Å². The number of nitrogens with one attached hydrogen (secondary N) is 1. The van der Waals surface area contributed by atoms with Gasteiger partial charge in [0, 0.05) is 19.1 Å². The Morgan fingerprint density at radius 3 is 2.61 bits per heavy atom. The molecule has 1 aromatic heterocycles. The van der Waals surface area contributed by atoms with Crippen molar-refractivity contribution in [3.63, 3.8) is 0 Å². The molecule has 1 fully saturated rings. The third-order valence-electron chi connectivity index (χ3n) is 6.20. The van der Waals surface area contributed by atoms with Crippen LogP contribution in [0.2, 0.25) is 0 Å². The number of nitrogens with zero attached hydrogens (tertiary/aromatic N) is 5. The maximum atomic E-state index is 14.3. The molecule has 0 saturated carbocycles. The minimum absolute atomic E-state index is 0.0933. The van der Waals surface area contributed by atoms with E-state index in [4.69, 9.17) is 0 Å². The number of fused-ring (bicyclic) bond motifs is 1. The molecule has 160 valence electrons. The van der Waals surface area contributed by atoms with Crippen LogP contribution in [0.4, 0.5) is 20.7 Å². The van der Waals surface area contributed by atoms with E-state index >= 15 is 0 Å². The Morgan fingerprint density at radius 2 is 1.87 bits per heavy atom. The van der Waals surface area contributed by atoms with Crippen LogP contribution in [0.25, 0.3) is 0 Å². The van der Waals surface area contributed by atoms with Gasteiger partial charge in [0.05, 0.1) is 18.8 Å². The first-order chi connectivity index (χ1) is 15.1. The van der Waals surface area contributed by atoms with E-state index in [1.807, 2.05) is 48.2 Å². The van der Waals surface area contributed by atoms with Gasteiger partial charge in [-0.1, -0.05) is 47.7 Å². The van der Waals surface area contributed by atoms with Crippen molar-refractivity contribution < 1.29 is 9.18 Å². The van der Waals surface area contributed by atoms with Crippen LogP contribution in [-0.4, -0.2) is 45.1 Å². The maximum Gasteiger partial charge on any atom is 0.323 e. The summed E-state index contributed by atoms with van der Waals surface area (Å²) in [6, 6.07) is 15.1. The topological polar surface area (TPSA) is 66.3 Å². The van der Waals surface area contributed by atoms with E-state index in [0.717, 1.165) is 29.7 Å². The van der Waals surface area contributed by atoms with Crippen molar-refractivity contribution in [2.45, 2.75) is 38.9 Å². The number of rotatable bonds is 4. The third-order valence-corrected chi connectivity index (χ3v) is 6.20. The summed E-state index contributed by atoms with van der Waals surface area (Å²) in [5, 5.41) is 11.6. The summed E-state index contributed by atoms with van der Waals surface area (Å²) < 4.78 is 16.1. The number of hydrogen-bond acceptors (Lipinski definition) is 4. The Bertz CT molecular complexity index is 1070. The van der Waals surface area contributed by atoms with Crippen molar-refractivity contribution in [2.75, 3.05) is 23.3 Å². The van der Waals surface area contributed by atoms with Crippen LogP contribution in [0.5, 0.6) is 0 Å². The highest BCUT2D eigenvalue weighted by Gasteiger charge is 2.34. The molecule has 0 unspecified atom stereocenters. The highest BCUT2D eigenvalue weighted by atomic mass is 19.1. The van der Waals surface area contributed by atoms with Crippen molar-refractivity contribution >= 4 is 17.5 Å². The first-order valence-electron chi connectivity index (χ1n) is 10.6. The smallest absolute Gasteiger partial charge is 0.323 e. The van der Waals surface area contributed by atoms with Crippen LogP contribution in [0.1, 0.15) is 29.7 Å². The second-order valence-corrected chi connectivity index (χ2v) is 8.21. The molecule has 0 spiro atoms. The molecular formula is C23H25FN6O. The zero-order chi connectivity index (χ0) is 21.4. The highest BCUT2D eigenvalue weighted by Crippen LogP contribution is 2.31. The van der Waals surface area contributed by atoms with Crippen molar-refractivity contribution in [3.8, 4) is 0 Å². The van der Waals surface area contributed by atoms with Gasteiger partial charge in [0.2, 0.25) is 0 Å². The molecule has 3 heterocycles. The number of carbonyl (C=O) groups excluding carboxylic acids is 1. The molecule has 1 saturated heterocycles. The van der Waals surface area contributed by atoms with Gasteiger partial charge in [-0.2, -0.15) is 0 Å². The molecule has 2 aromatic carbocycles. The molecule has 2 amide bonds. The Kier molecular flexibility index (Phi) is 5.05. The predicted molar refractivity (Wildman–Crippen MR) is 116 cm³/mol. The van der Waals surface area contributed by atoms with Gasteiger partial charge >= 0.3 is 6.03 Å². The van der Waals surface area contributed by atoms with Crippen LogP contribution in [-0.2, 0) is 13.1 Å². The summed E-state index contributed by atoms with van der Waals surface area (Å²) in [5.41, 5.74) is 3.50. The van der Waals surface area contributed by atoms with E-state index in [1.165, 1.54) is 6.07 Å². The van der Waals surface area contributed by atoms with Crippen LogP contribution in [0, 0.1) is 12.7 Å². The summed E-state index contributed by atoms with van der Waals surface area (Å²) in [4.78, 5) is 16.8. The minimum Gasteiger partial charge on any atom is -0.369 e. The molecule has 0 bridgehead atoms. The third kappa shape index (κ3) is 3.73.